The summed E-state index contributed by atoms with van der Waals surface area (Å²) in [5.74, 6) is 0.403. The van der Waals surface area contributed by atoms with Gasteiger partial charge in [-0.3, -0.25) is 4.79 Å². The van der Waals surface area contributed by atoms with Crippen molar-refractivity contribution >= 4 is 23.1 Å². The lowest BCUT2D eigenvalue weighted by molar-refractivity contribution is 0.0988. The first-order chi connectivity index (χ1) is 12.2. The van der Waals surface area contributed by atoms with Gasteiger partial charge in [-0.1, -0.05) is 37.3 Å². The summed E-state index contributed by atoms with van der Waals surface area (Å²) in [6.07, 6.45) is 4.07. The third-order valence-electron chi connectivity index (χ3n) is 3.95. The Labute approximate surface area is 147 Å². The first-order valence-electron chi connectivity index (χ1n) is 8.18. The van der Waals surface area contributed by atoms with Gasteiger partial charge >= 0.3 is 0 Å². The number of anilines is 3. The molecule has 0 aliphatic rings. The highest BCUT2D eigenvalue weighted by molar-refractivity contribution is 6.04. The molecule has 0 saturated heterocycles. The van der Waals surface area contributed by atoms with Crippen molar-refractivity contribution in [1.29, 1.82) is 0 Å². The predicted molar refractivity (Wildman–Crippen MR) is 100 cm³/mol. The number of amides is 1. The Kier molecular flexibility index (Phi) is 5.04. The van der Waals surface area contributed by atoms with Crippen molar-refractivity contribution in [3.8, 4) is 0 Å². The smallest absolute Gasteiger partial charge is 0.278 e. The molecule has 0 unspecified atom stereocenters. The topological polar surface area (TPSA) is 58.1 Å². The predicted octanol–water partition coefficient (Wildman–Crippen LogP) is 4.06. The van der Waals surface area contributed by atoms with Gasteiger partial charge in [0.1, 0.15) is 11.5 Å². The minimum absolute atomic E-state index is 0.197. The summed E-state index contributed by atoms with van der Waals surface area (Å²) in [7, 11) is 1.72. The fraction of sp³-hybridized carbons (Fsp3) is 0.150. The maximum atomic E-state index is 12.5. The van der Waals surface area contributed by atoms with E-state index < -0.39 is 0 Å². The van der Waals surface area contributed by atoms with Gasteiger partial charge < -0.3 is 10.2 Å². The Balaban J connectivity index is 1.70. The molecule has 5 heteroatoms. The minimum Gasteiger partial charge on any atom is -0.339 e. The van der Waals surface area contributed by atoms with E-state index >= 15 is 0 Å². The molecule has 3 aromatic rings. The van der Waals surface area contributed by atoms with Crippen molar-refractivity contribution in [2.75, 3.05) is 17.3 Å². The van der Waals surface area contributed by atoms with E-state index in [-0.39, 0.29) is 5.91 Å². The zero-order valence-electron chi connectivity index (χ0n) is 14.3. The Morgan fingerprint density at radius 3 is 2.32 bits per heavy atom. The van der Waals surface area contributed by atoms with Crippen LogP contribution < -0.4 is 10.2 Å². The summed E-state index contributed by atoms with van der Waals surface area (Å²) in [5, 5.41) is 3.18. The molecule has 5 nitrogen and oxygen atoms in total. The molecular formula is C20H20N4O. The lowest BCUT2D eigenvalue weighted by Crippen LogP contribution is -2.27. The fourth-order valence-corrected chi connectivity index (χ4v) is 2.42. The Bertz CT molecular complexity index is 830. The molecule has 0 spiro atoms. The standard InChI is InChI=1S/C20H20N4O/c1-3-15-9-11-16(12-10-15)23-19-14-21-18(13-22-19)20(25)24(2)17-7-5-4-6-8-17/h4-14H,3H2,1-2H3,(H,22,23). The molecule has 0 bridgehead atoms. The highest BCUT2D eigenvalue weighted by atomic mass is 16.2. The van der Waals surface area contributed by atoms with E-state index in [2.05, 4.69) is 34.3 Å². The number of aryl methyl sites for hydroxylation is 1. The summed E-state index contributed by atoms with van der Waals surface area (Å²) in [6.45, 7) is 2.12. The molecular weight excluding hydrogens is 312 g/mol. The molecule has 0 radical (unpaired) electrons. The van der Waals surface area contributed by atoms with Crippen molar-refractivity contribution in [2.45, 2.75) is 13.3 Å². The molecule has 1 aromatic heterocycles. The minimum atomic E-state index is -0.197. The first kappa shape index (κ1) is 16.6. The molecule has 25 heavy (non-hydrogen) atoms. The molecule has 126 valence electrons. The number of carbonyl (C=O) groups is 1. The van der Waals surface area contributed by atoms with Crippen molar-refractivity contribution in [2.24, 2.45) is 0 Å². The van der Waals surface area contributed by atoms with Crippen LogP contribution in [0, 0.1) is 0 Å². The van der Waals surface area contributed by atoms with E-state index in [4.69, 9.17) is 0 Å². The van der Waals surface area contributed by atoms with Gasteiger partial charge in [0.2, 0.25) is 0 Å². The van der Waals surface area contributed by atoms with Crippen LogP contribution in [-0.4, -0.2) is 22.9 Å². The normalized spacial score (nSPS) is 10.3. The Morgan fingerprint density at radius 2 is 1.72 bits per heavy atom. The molecule has 0 aliphatic carbocycles. The number of nitrogens with one attached hydrogen (secondary N) is 1. The van der Waals surface area contributed by atoms with Gasteiger partial charge in [-0.05, 0) is 36.2 Å². The van der Waals surface area contributed by atoms with Gasteiger partial charge in [-0.25, -0.2) is 9.97 Å². The Hall–Kier alpha value is -3.21. The quantitative estimate of drug-likeness (QED) is 0.765. The molecule has 3 rings (SSSR count). The second-order valence-electron chi connectivity index (χ2n) is 5.66. The van der Waals surface area contributed by atoms with Crippen LogP contribution in [0.2, 0.25) is 0 Å². The van der Waals surface area contributed by atoms with Crippen molar-refractivity contribution in [3.63, 3.8) is 0 Å². The summed E-state index contributed by atoms with van der Waals surface area (Å²) in [4.78, 5) is 22.6. The molecule has 0 fully saturated rings. The molecule has 1 heterocycles. The van der Waals surface area contributed by atoms with Crippen LogP contribution in [0.4, 0.5) is 17.2 Å². The molecule has 0 aliphatic heterocycles. The van der Waals surface area contributed by atoms with Gasteiger partial charge in [-0.2, -0.15) is 0 Å². The number of hydrogen-bond acceptors (Lipinski definition) is 4. The average Bonchev–Trinajstić information content (AvgIpc) is 2.69. The average molecular weight is 332 g/mol. The summed E-state index contributed by atoms with van der Waals surface area (Å²) >= 11 is 0. The van der Waals surface area contributed by atoms with E-state index in [1.807, 2.05) is 42.5 Å². The first-order valence-corrected chi connectivity index (χ1v) is 8.18. The van der Waals surface area contributed by atoms with Gasteiger partial charge in [0.05, 0.1) is 12.4 Å². The fourth-order valence-electron chi connectivity index (χ4n) is 2.42. The third-order valence-corrected chi connectivity index (χ3v) is 3.95. The zero-order chi connectivity index (χ0) is 17.6. The van der Waals surface area contributed by atoms with E-state index in [1.165, 1.54) is 11.8 Å². The molecule has 2 aromatic carbocycles. The van der Waals surface area contributed by atoms with E-state index in [0.29, 0.717) is 11.5 Å². The van der Waals surface area contributed by atoms with Gasteiger partial charge in [0.15, 0.2) is 0 Å². The SMILES string of the molecule is CCc1ccc(Nc2cnc(C(=O)N(C)c3ccccc3)cn2)cc1. The van der Waals surface area contributed by atoms with Crippen molar-refractivity contribution < 1.29 is 4.79 Å². The second-order valence-corrected chi connectivity index (χ2v) is 5.66. The number of para-hydroxylation sites is 1. The monoisotopic (exact) mass is 332 g/mol. The maximum absolute atomic E-state index is 12.5. The van der Waals surface area contributed by atoms with Crippen LogP contribution in [0.15, 0.2) is 67.0 Å². The maximum Gasteiger partial charge on any atom is 0.278 e. The van der Waals surface area contributed by atoms with Crippen LogP contribution in [0.25, 0.3) is 0 Å². The molecule has 0 atom stereocenters. The van der Waals surface area contributed by atoms with Gasteiger partial charge in [-0.15, -0.1) is 0 Å². The lowest BCUT2D eigenvalue weighted by atomic mass is 10.1. The molecule has 1 amide bonds. The van der Waals surface area contributed by atoms with E-state index in [9.17, 15) is 4.79 Å². The van der Waals surface area contributed by atoms with Crippen LogP contribution in [-0.2, 0) is 6.42 Å². The number of carbonyl (C=O) groups excluding carboxylic acids is 1. The van der Waals surface area contributed by atoms with Gasteiger partial charge in [0, 0.05) is 18.4 Å². The summed E-state index contributed by atoms with van der Waals surface area (Å²) in [6, 6.07) is 17.6. The van der Waals surface area contributed by atoms with Crippen molar-refractivity contribution in [3.05, 3.63) is 78.2 Å². The van der Waals surface area contributed by atoms with Crippen LogP contribution in [0.3, 0.4) is 0 Å². The van der Waals surface area contributed by atoms with E-state index in [0.717, 1.165) is 17.8 Å². The molecule has 1 N–H and O–H groups in total. The van der Waals surface area contributed by atoms with Crippen LogP contribution in [0.1, 0.15) is 23.0 Å². The highest BCUT2D eigenvalue weighted by Gasteiger charge is 2.15. The van der Waals surface area contributed by atoms with Crippen LogP contribution in [0.5, 0.6) is 0 Å². The second kappa shape index (κ2) is 7.57. The molecule has 0 saturated carbocycles. The number of nitrogens with zero attached hydrogens (tertiary/aromatic N) is 3. The summed E-state index contributed by atoms with van der Waals surface area (Å²) < 4.78 is 0. The number of benzene rings is 2. The summed E-state index contributed by atoms with van der Waals surface area (Å²) in [5.41, 5.74) is 3.33. The number of rotatable bonds is 5. The van der Waals surface area contributed by atoms with Gasteiger partial charge in [0.25, 0.3) is 5.91 Å². The third kappa shape index (κ3) is 4.01. The highest BCUT2D eigenvalue weighted by Crippen LogP contribution is 2.16. The lowest BCUT2D eigenvalue weighted by Gasteiger charge is -2.16. The Morgan fingerprint density at radius 1 is 1.00 bits per heavy atom. The van der Waals surface area contributed by atoms with Crippen molar-refractivity contribution in [1.82, 2.24) is 9.97 Å². The van der Waals surface area contributed by atoms with E-state index in [1.54, 1.807) is 18.1 Å². The largest absolute Gasteiger partial charge is 0.339 e. The number of hydrogen-bond donors (Lipinski definition) is 1. The zero-order valence-corrected chi connectivity index (χ0v) is 14.3. The number of aromatic nitrogens is 2. The van der Waals surface area contributed by atoms with Crippen LogP contribution >= 0.6 is 0 Å².